The zero-order valence-electron chi connectivity index (χ0n) is 8.52. The summed E-state index contributed by atoms with van der Waals surface area (Å²) in [5, 5.41) is 0. The molecule has 72 valence electrons. The maximum atomic E-state index is 5.36. The number of halogens is 1. The van der Waals surface area contributed by atoms with Crippen molar-refractivity contribution >= 4 is 15.9 Å². The number of para-hydroxylation sites is 1. The Bertz CT molecular complexity index is 299. The third-order valence-corrected chi connectivity index (χ3v) is 2.60. The van der Waals surface area contributed by atoms with Crippen molar-refractivity contribution in [2.24, 2.45) is 0 Å². The van der Waals surface area contributed by atoms with E-state index in [1.165, 1.54) is 5.56 Å². The maximum Gasteiger partial charge on any atom is 0.136 e. The normalized spacial score (nSPS) is 11.5. The van der Waals surface area contributed by atoms with Crippen molar-refractivity contribution in [3.63, 3.8) is 0 Å². The first-order chi connectivity index (χ1) is 5.96. The highest BCUT2D eigenvalue weighted by Crippen LogP contribution is 2.36. The molecule has 1 nitrogen and oxygen atoms in total. The second kappa shape index (κ2) is 3.70. The van der Waals surface area contributed by atoms with Crippen molar-refractivity contribution in [1.29, 1.82) is 0 Å². The van der Waals surface area contributed by atoms with Crippen LogP contribution in [0.2, 0.25) is 0 Å². The van der Waals surface area contributed by atoms with Gasteiger partial charge in [-0.1, -0.05) is 32.9 Å². The van der Waals surface area contributed by atoms with Gasteiger partial charge in [-0.05, 0) is 27.4 Å². The first-order valence-electron chi connectivity index (χ1n) is 4.30. The summed E-state index contributed by atoms with van der Waals surface area (Å²) < 4.78 is 6.37. The third kappa shape index (κ3) is 2.25. The molecule has 1 aromatic carbocycles. The standard InChI is InChI=1S/C11H15BrO/c1-11(2,3)8-6-5-7-9(12)10(8)13-4/h5-7H,1-4H3. The number of ether oxygens (including phenoxy) is 1. The van der Waals surface area contributed by atoms with Crippen molar-refractivity contribution in [3.8, 4) is 5.75 Å². The van der Waals surface area contributed by atoms with Crippen LogP contribution in [0.4, 0.5) is 0 Å². The highest BCUT2D eigenvalue weighted by molar-refractivity contribution is 9.10. The number of benzene rings is 1. The zero-order chi connectivity index (χ0) is 10.1. The van der Waals surface area contributed by atoms with E-state index in [2.05, 4.69) is 42.8 Å². The summed E-state index contributed by atoms with van der Waals surface area (Å²) in [6.07, 6.45) is 0. The first-order valence-corrected chi connectivity index (χ1v) is 5.09. The summed E-state index contributed by atoms with van der Waals surface area (Å²) in [5.41, 5.74) is 1.35. The summed E-state index contributed by atoms with van der Waals surface area (Å²) in [7, 11) is 1.70. The molecular formula is C11H15BrO. The average molecular weight is 243 g/mol. The monoisotopic (exact) mass is 242 g/mol. The van der Waals surface area contributed by atoms with E-state index in [0.29, 0.717) is 0 Å². The Morgan fingerprint density at radius 2 is 1.85 bits per heavy atom. The number of methoxy groups -OCH3 is 1. The van der Waals surface area contributed by atoms with Gasteiger partial charge >= 0.3 is 0 Å². The Morgan fingerprint density at radius 3 is 2.23 bits per heavy atom. The van der Waals surface area contributed by atoms with Crippen LogP contribution in [0, 0.1) is 0 Å². The molecule has 0 aliphatic carbocycles. The molecule has 0 saturated carbocycles. The second-order valence-corrected chi connectivity index (χ2v) is 4.92. The molecule has 13 heavy (non-hydrogen) atoms. The van der Waals surface area contributed by atoms with E-state index in [1.54, 1.807) is 7.11 Å². The van der Waals surface area contributed by atoms with E-state index < -0.39 is 0 Å². The van der Waals surface area contributed by atoms with E-state index in [9.17, 15) is 0 Å². The van der Waals surface area contributed by atoms with Gasteiger partial charge in [0.2, 0.25) is 0 Å². The van der Waals surface area contributed by atoms with Gasteiger partial charge in [-0.25, -0.2) is 0 Å². The van der Waals surface area contributed by atoms with Crippen molar-refractivity contribution in [2.45, 2.75) is 26.2 Å². The van der Waals surface area contributed by atoms with E-state index >= 15 is 0 Å². The second-order valence-electron chi connectivity index (χ2n) is 4.07. The molecule has 0 aromatic heterocycles. The van der Waals surface area contributed by atoms with Crippen LogP contribution >= 0.6 is 15.9 Å². The fourth-order valence-electron chi connectivity index (χ4n) is 1.31. The van der Waals surface area contributed by atoms with E-state index in [1.807, 2.05) is 12.1 Å². The van der Waals surface area contributed by atoms with Gasteiger partial charge in [0.25, 0.3) is 0 Å². The lowest BCUT2D eigenvalue weighted by atomic mass is 9.86. The molecule has 0 radical (unpaired) electrons. The van der Waals surface area contributed by atoms with Gasteiger partial charge in [0.1, 0.15) is 5.75 Å². The lowest BCUT2D eigenvalue weighted by molar-refractivity contribution is 0.395. The average Bonchev–Trinajstić information content (AvgIpc) is 2.02. The summed E-state index contributed by atoms with van der Waals surface area (Å²) >= 11 is 3.47. The van der Waals surface area contributed by atoms with Crippen LogP contribution in [-0.4, -0.2) is 7.11 Å². The summed E-state index contributed by atoms with van der Waals surface area (Å²) in [6, 6.07) is 6.13. The Morgan fingerprint density at radius 1 is 1.23 bits per heavy atom. The van der Waals surface area contributed by atoms with Crippen LogP contribution in [-0.2, 0) is 5.41 Å². The van der Waals surface area contributed by atoms with Gasteiger partial charge in [-0.2, -0.15) is 0 Å². The van der Waals surface area contributed by atoms with Gasteiger partial charge < -0.3 is 4.74 Å². The molecule has 1 aromatic rings. The molecule has 2 heteroatoms. The first kappa shape index (κ1) is 10.6. The van der Waals surface area contributed by atoms with Gasteiger partial charge in [0.05, 0.1) is 11.6 Å². The Kier molecular flexibility index (Phi) is 3.01. The molecule has 0 aliphatic rings. The molecule has 0 unspecified atom stereocenters. The van der Waals surface area contributed by atoms with E-state index in [-0.39, 0.29) is 5.41 Å². The molecule has 0 bridgehead atoms. The van der Waals surface area contributed by atoms with Crippen molar-refractivity contribution in [3.05, 3.63) is 28.2 Å². The quantitative estimate of drug-likeness (QED) is 0.729. The summed E-state index contributed by atoms with van der Waals surface area (Å²) in [5.74, 6) is 0.940. The predicted molar refractivity (Wildman–Crippen MR) is 59.4 cm³/mol. The molecule has 0 fully saturated rings. The fourth-order valence-corrected chi connectivity index (χ4v) is 1.83. The van der Waals surface area contributed by atoms with Crippen LogP contribution in [0.15, 0.2) is 22.7 Å². The van der Waals surface area contributed by atoms with Crippen LogP contribution in [0.1, 0.15) is 26.3 Å². The number of hydrogen-bond acceptors (Lipinski definition) is 1. The van der Waals surface area contributed by atoms with Crippen LogP contribution in [0.5, 0.6) is 5.75 Å². The molecular weight excluding hydrogens is 228 g/mol. The number of hydrogen-bond donors (Lipinski definition) is 0. The minimum Gasteiger partial charge on any atom is -0.495 e. The van der Waals surface area contributed by atoms with E-state index in [0.717, 1.165) is 10.2 Å². The highest BCUT2D eigenvalue weighted by Gasteiger charge is 2.19. The minimum absolute atomic E-state index is 0.120. The Labute approximate surface area is 88.2 Å². The fraction of sp³-hybridized carbons (Fsp3) is 0.455. The van der Waals surface area contributed by atoms with Crippen molar-refractivity contribution in [1.82, 2.24) is 0 Å². The molecule has 0 aliphatic heterocycles. The molecule has 0 heterocycles. The van der Waals surface area contributed by atoms with E-state index in [4.69, 9.17) is 4.74 Å². The number of rotatable bonds is 1. The Balaban J connectivity index is 3.29. The molecule has 1 rings (SSSR count). The molecule has 0 spiro atoms. The van der Waals surface area contributed by atoms with Crippen LogP contribution in [0.25, 0.3) is 0 Å². The Hall–Kier alpha value is -0.500. The van der Waals surface area contributed by atoms with Crippen LogP contribution < -0.4 is 4.74 Å². The SMILES string of the molecule is COc1c(Br)cccc1C(C)(C)C. The van der Waals surface area contributed by atoms with Crippen molar-refractivity contribution in [2.75, 3.05) is 7.11 Å². The smallest absolute Gasteiger partial charge is 0.136 e. The molecule has 0 atom stereocenters. The molecule has 0 saturated heterocycles. The maximum absolute atomic E-state index is 5.36. The zero-order valence-corrected chi connectivity index (χ0v) is 10.1. The third-order valence-electron chi connectivity index (χ3n) is 1.98. The van der Waals surface area contributed by atoms with Gasteiger partial charge in [-0.15, -0.1) is 0 Å². The lowest BCUT2D eigenvalue weighted by Crippen LogP contribution is -2.12. The van der Waals surface area contributed by atoms with Crippen LogP contribution in [0.3, 0.4) is 0 Å². The van der Waals surface area contributed by atoms with Crippen molar-refractivity contribution < 1.29 is 4.74 Å². The summed E-state index contributed by atoms with van der Waals surface area (Å²) in [4.78, 5) is 0. The highest BCUT2D eigenvalue weighted by atomic mass is 79.9. The minimum atomic E-state index is 0.120. The molecule has 0 amide bonds. The predicted octanol–water partition coefficient (Wildman–Crippen LogP) is 3.76. The van der Waals surface area contributed by atoms with Gasteiger partial charge in [-0.3, -0.25) is 0 Å². The lowest BCUT2D eigenvalue weighted by Gasteiger charge is -2.22. The largest absolute Gasteiger partial charge is 0.495 e. The molecule has 0 N–H and O–H groups in total. The van der Waals surface area contributed by atoms with Gasteiger partial charge in [0, 0.05) is 5.56 Å². The topological polar surface area (TPSA) is 9.23 Å². The van der Waals surface area contributed by atoms with Gasteiger partial charge in [0.15, 0.2) is 0 Å². The summed E-state index contributed by atoms with van der Waals surface area (Å²) in [6.45, 7) is 6.53.